The first kappa shape index (κ1) is 24.0. The Bertz CT molecular complexity index is 947. The van der Waals surface area contributed by atoms with E-state index in [2.05, 4.69) is 4.98 Å². The average molecular weight is 468 g/mol. The predicted octanol–water partition coefficient (Wildman–Crippen LogP) is 3.16. The highest BCUT2D eigenvalue weighted by molar-refractivity contribution is 5.95. The minimum Gasteiger partial charge on any atom is -0.497 e. The highest BCUT2D eigenvalue weighted by Gasteiger charge is 2.32. The standard InChI is InChI=1S/C26H33N3O5/c1-32-23-13-21(14-24(15-23)33-2)26(31)28-10-7-20(8-11-28)25(30)29(18-22-6-4-12-34-22)17-19-5-3-9-27-16-19/h3,5,9,13-16,20,22H,4,6-8,10-12,17-18H2,1-2H3. The third-order valence-corrected chi connectivity index (χ3v) is 6.59. The number of pyridine rings is 1. The van der Waals surface area contributed by atoms with Crippen LogP contribution in [-0.4, -0.2) is 73.2 Å². The smallest absolute Gasteiger partial charge is 0.254 e. The monoisotopic (exact) mass is 467 g/mol. The van der Waals surface area contributed by atoms with Gasteiger partial charge in [0.1, 0.15) is 11.5 Å². The molecule has 0 N–H and O–H groups in total. The normalized spacial score (nSPS) is 18.5. The number of likely N-dealkylation sites (tertiary alicyclic amines) is 1. The van der Waals surface area contributed by atoms with E-state index in [1.807, 2.05) is 21.9 Å². The lowest BCUT2D eigenvalue weighted by Gasteiger charge is -2.35. The van der Waals surface area contributed by atoms with Crippen LogP contribution in [0.5, 0.6) is 11.5 Å². The van der Waals surface area contributed by atoms with Gasteiger partial charge in [-0.1, -0.05) is 6.07 Å². The summed E-state index contributed by atoms with van der Waals surface area (Å²) in [6, 6.07) is 9.07. The number of benzene rings is 1. The van der Waals surface area contributed by atoms with Gasteiger partial charge in [-0.2, -0.15) is 0 Å². The molecule has 3 heterocycles. The Kier molecular flexibility index (Phi) is 8.00. The van der Waals surface area contributed by atoms with Crippen LogP contribution >= 0.6 is 0 Å². The summed E-state index contributed by atoms with van der Waals surface area (Å²) in [5.41, 5.74) is 1.53. The zero-order chi connectivity index (χ0) is 23.9. The zero-order valence-electron chi connectivity index (χ0n) is 19.9. The Morgan fingerprint density at radius 2 is 1.85 bits per heavy atom. The van der Waals surface area contributed by atoms with Crippen LogP contribution in [0.4, 0.5) is 0 Å². The van der Waals surface area contributed by atoms with Gasteiger partial charge in [0.15, 0.2) is 0 Å². The molecule has 2 fully saturated rings. The number of aromatic nitrogens is 1. The van der Waals surface area contributed by atoms with Crippen LogP contribution in [0.2, 0.25) is 0 Å². The molecule has 2 aromatic rings. The summed E-state index contributed by atoms with van der Waals surface area (Å²) < 4.78 is 16.4. The van der Waals surface area contributed by atoms with Gasteiger partial charge in [-0.25, -0.2) is 0 Å². The molecule has 8 nitrogen and oxygen atoms in total. The van der Waals surface area contributed by atoms with Crippen LogP contribution in [0.15, 0.2) is 42.7 Å². The van der Waals surface area contributed by atoms with E-state index in [1.165, 1.54) is 0 Å². The highest BCUT2D eigenvalue weighted by atomic mass is 16.5. The molecule has 4 rings (SSSR count). The van der Waals surface area contributed by atoms with Gasteiger partial charge in [0.2, 0.25) is 5.91 Å². The Balaban J connectivity index is 1.40. The lowest BCUT2D eigenvalue weighted by Crippen LogP contribution is -2.46. The Hall–Kier alpha value is -3.13. The topological polar surface area (TPSA) is 81.2 Å². The number of carbonyl (C=O) groups excluding carboxylic acids is 2. The fraction of sp³-hybridized carbons (Fsp3) is 0.500. The minimum absolute atomic E-state index is 0.0744. The van der Waals surface area contributed by atoms with E-state index in [0.717, 1.165) is 25.0 Å². The molecular weight excluding hydrogens is 434 g/mol. The van der Waals surface area contributed by atoms with Crippen molar-refractivity contribution in [2.75, 3.05) is 40.5 Å². The molecule has 1 atom stereocenters. The Labute approximate surface area is 200 Å². The van der Waals surface area contributed by atoms with Crippen molar-refractivity contribution in [3.8, 4) is 11.5 Å². The van der Waals surface area contributed by atoms with Crippen molar-refractivity contribution in [1.29, 1.82) is 0 Å². The molecule has 34 heavy (non-hydrogen) atoms. The van der Waals surface area contributed by atoms with Gasteiger partial charge >= 0.3 is 0 Å². The molecule has 0 bridgehead atoms. The van der Waals surface area contributed by atoms with Gasteiger partial charge in [-0.3, -0.25) is 14.6 Å². The second kappa shape index (κ2) is 11.3. The molecule has 1 aromatic heterocycles. The number of hydrogen-bond acceptors (Lipinski definition) is 6. The van der Waals surface area contributed by atoms with Crippen molar-refractivity contribution < 1.29 is 23.8 Å². The molecule has 1 aromatic carbocycles. The Morgan fingerprint density at radius 1 is 1.12 bits per heavy atom. The molecule has 0 spiro atoms. The van der Waals surface area contributed by atoms with Gasteiger partial charge in [-0.05, 0) is 49.4 Å². The van der Waals surface area contributed by atoms with Crippen molar-refractivity contribution in [2.24, 2.45) is 5.92 Å². The molecule has 2 saturated heterocycles. The van der Waals surface area contributed by atoms with E-state index >= 15 is 0 Å². The summed E-state index contributed by atoms with van der Waals surface area (Å²) in [4.78, 5) is 34.6. The molecule has 182 valence electrons. The van der Waals surface area contributed by atoms with Gasteiger partial charge < -0.3 is 24.0 Å². The maximum atomic E-state index is 13.5. The number of piperidine rings is 1. The maximum absolute atomic E-state index is 13.5. The van der Waals surface area contributed by atoms with Crippen LogP contribution in [0.25, 0.3) is 0 Å². The summed E-state index contributed by atoms with van der Waals surface area (Å²) in [7, 11) is 3.13. The fourth-order valence-corrected chi connectivity index (χ4v) is 4.68. The lowest BCUT2D eigenvalue weighted by molar-refractivity contribution is -0.139. The number of carbonyl (C=O) groups is 2. The quantitative estimate of drug-likeness (QED) is 0.593. The van der Waals surface area contributed by atoms with Gasteiger partial charge in [0, 0.05) is 62.7 Å². The van der Waals surface area contributed by atoms with Crippen molar-refractivity contribution in [2.45, 2.75) is 38.3 Å². The minimum atomic E-state index is -0.109. The van der Waals surface area contributed by atoms with Crippen LogP contribution in [0.3, 0.4) is 0 Å². The van der Waals surface area contributed by atoms with E-state index < -0.39 is 0 Å². The molecule has 0 radical (unpaired) electrons. The maximum Gasteiger partial charge on any atom is 0.254 e. The van der Waals surface area contributed by atoms with Crippen LogP contribution < -0.4 is 9.47 Å². The van der Waals surface area contributed by atoms with Crippen molar-refractivity contribution in [1.82, 2.24) is 14.8 Å². The van der Waals surface area contributed by atoms with Crippen LogP contribution in [0, 0.1) is 5.92 Å². The predicted molar refractivity (Wildman–Crippen MR) is 127 cm³/mol. The fourth-order valence-electron chi connectivity index (χ4n) is 4.68. The van der Waals surface area contributed by atoms with E-state index in [-0.39, 0.29) is 23.8 Å². The molecule has 2 amide bonds. The number of methoxy groups -OCH3 is 2. The van der Waals surface area contributed by atoms with Gasteiger partial charge in [0.05, 0.1) is 20.3 Å². The third-order valence-electron chi connectivity index (χ3n) is 6.59. The van der Waals surface area contributed by atoms with Gasteiger partial charge in [-0.15, -0.1) is 0 Å². The summed E-state index contributed by atoms with van der Waals surface area (Å²) in [5.74, 6) is 1.10. The summed E-state index contributed by atoms with van der Waals surface area (Å²) in [6.45, 7) is 2.95. The van der Waals surface area contributed by atoms with E-state index in [0.29, 0.717) is 56.1 Å². The van der Waals surface area contributed by atoms with E-state index in [4.69, 9.17) is 14.2 Å². The number of nitrogens with zero attached hydrogens (tertiary/aromatic N) is 3. The second-order valence-corrected chi connectivity index (χ2v) is 8.88. The molecule has 0 saturated carbocycles. The Morgan fingerprint density at radius 3 is 2.44 bits per heavy atom. The van der Waals surface area contributed by atoms with Crippen molar-refractivity contribution >= 4 is 11.8 Å². The second-order valence-electron chi connectivity index (χ2n) is 8.88. The number of amides is 2. The molecule has 0 aliphatic carbocycles. The zero-order valence-corrected chi connectivity index (χ0v) is 19.9. The molecule has 2 aliphatic heterocycles. The number of ether oxygens (including phenoxy) is 3. The molecular formula is C26H33N3O5. The first-order valence-electron chi connectivity index (χ1n) is 11.9. The largest absolute Gasteiger partial charge is 0.497 e. The first-order chi connectivity index (χ1) is 16.6. The van der Waals surface area contributed by atoms with Gasteiger partial charge in [0.25, 0.3) is 5.91 Å². The summed E-state index contributed by atoms with van der Waals surface area (Å²) in [6.07, 6.45) is 6.93. The van der Waals surface area contributed by atoms with Crippen molar-refractivity contribution in [3.63, 3.8) is 0 Å². The third kappa shape index (κ3) is 5.86. The molecule has 1 unspecified atom stereocenters. The van der Waals surface area contributed by atoms with Crippen LogP contribution in [-0.2, 0) is 16.1 Å². The van der Waals surface area contributed by atoms with E-state index in [9.17, 15) is 9.59 Å². The highest BCUT2D eigenvalue weighted by Crippen LogP contribution is 2.27. The number of hydrogen-bond donors (Lipinski definition) is 0. The first-order valence-corrected chi connectivity index (χ1v) is 11.9. The lowest BCUT2D eigenvalue weighted by atomic mass is 9.94. The summed E-state index contributed by atoms with van der Waals surface area (Å²) in [5, 5.41) is 0. The van der Waals surface area contributed by atoms with E-state index in [1.54, 1.807) is 44.8 Å². The molecule has 8 heteroatoms. The molecule has 2 aliphatic rings. The van der Waals surface area contributed by atoms with Crippen molar-refractivity contribution in [3.05, 3.63) is 53.9 Å². The van der Waals surface area contributed by atoms with Crippen LogP contribution in [0.1, 0.15) is 41.6 Å². The average Bonchev–Trinajstić information content (AvgIpc) is 3.41. The summed E-state index contributed by atoms with van der Waals surface area (Å²) >= 11 is 0. The SMILES string of the molecule is COc1cc(OC)cc(C(=O)N2CCC(C(=O)N(Cc3cccnc3)CC3CCCO3)CC2)c1. The number of rotatable bonds is 8.